The molecule has 2 nitrogen and oxygen atoms in total. The van der Waals surface area contributed by atoms with Crippen LogP contribution in [0.3, 0.4) is 0 Å². The summed E-state index contributed by atoms with van der Waals surface area (Å²) in [6.45, 7) is 5.95. The Morgan fingerprint density at radius 2 is 1.76 bits per heavy atom. The Bertz CT molecular complexity index is 415. The van der Waals surface area contributed by atoms with Crippen molar-refractivity contribution >= 4 is 0 Å². The third-order valence-electron chi connectivity index (χ3n) is 5.20. The minimum atomic E-state index is 0.826. The zero-order valence-electron chi connectivity index (χ0n) is 13.3. The van der Waals surface area contributed by atoms with Crippen molar-refractivity contribution in [1.29, 1.82) is 0 Å². The molecule has 1 aromatic rings. The summed E-state index contributed by atoms with van der Waals surface area (Å²) in [5.74, 6) is 0.826. The molecule has 0 amide bonds. The van der Waals surface area contributed by atoms with Gasteiger partial charge in [0.1, 0.15) is 0 Å². The lowest BCUT2D eigenvalue weighted by Crippen LogP contribution is -2.44. The molecule has 21 heavy (non-hydrogen) atoms. The zero-order chi connectivity index (χ0) is 14.3. The summed E-state index contributed by atoms with van der Waals surface area (Å²) >= 11 is 0. The van der Waals surface area contributed by atoms with Gasteiger partial charge in [0.2, 0.25) is 0 Å². The molecule has 0 spiro atoms. The van der Waals surface area contributed by atoms with E-state index in [1.54, 1.807) is 5.56 Å². The average molecular weight is 286 g/mol. The largest absolute Gasteiger partial charge is 0.314 e. The lowest BCUT2D eigenvalue weighted by atomic mass is 9.90. The fraction of sp³-hybridized carbons (Fsp3) is 0.684. The van der Waals surface area contributed by atoms with Crippen LogP contribution in [0, 0.1) is 0 Å². The van der Waals surface area contributed by atoms with E-state index in [1.165, 1.54) is 70.1 Å². The van der Waals surface area contributed by atoms with Gasteiger partial charge in [0.25, 0.3) is 0 Å². The Morgan fingerprint density at radius 3 is 2.52 bits per heavy atom. The number of rotatable bonds is 4. The molecule has 116 valence electrons. The first-order valence-corrected chi connectivity index (χ1v) is 8.94. The van der Waals surface area contributed by atoms with Gasteiger partial charge in [-0.2, -0.15) is 0 Å². The molecule has 1 N–H and O–H groups in total. The van der Waals surface area contributed by atoms with Crippen LogP contribution >= 0.6 is 0 Å². The van der Waals surface area contributed by atoms with Crippen LogP contribution in [-0.2, 0) is 6.42 Å². The maximum Gasteiger partial charge on any atom is 0.0108 e. The standard InChI is InChI=1S/C19H30N2/c1-2-4-8-18(7-3-1)19-9-5-6-17(16-19)10-13-21-14-11-20-12-15-21/h5-6,9,16,18,20H,1-4,7-8,10-15H2. The average Bonchev–Trinajstić information content (AvgIpc) is 2.83. The highest BCUT2D eigenvalue weighted by Gasteiger charge is 2.15. The van der Waals surface area contributed by atoms with Crippen molar-refractivity contribution < 1.29 is 0 Å². The van der Waals surface area contributed by atoms with Gasteiger partial charge in [-0.1, -0.05) is 49.9 Å². The zero-order valence-corrected chi connectivity index (χ0v) is 13.3. The molecule has 2 aliphatic rings. The minimum absolute atomic E-state index is 0.826. The van der Waals surface area contributed by atoms with E-state index < -0.39 is 0 Å². The van der Waals surface area contributed by atoms with Crippen molar-refractivity contribution in [2.24, 2.45) is 0 Å². The summed E-state index contributed by atoms with van der Waals surface area (Å²) in [5.41, 5.74) is 3.14. The van der Waals surface area contributed by atoms with Gasteiger partial charge < -0.3 is 10.2 Å². The number of hydrogen-bond donors (Lipinski definition) is 1. The van der Waals surface area contributed by atoms with E-state index in [-0.39, 0.29) is 0 Å². The number of nitrogens with zero attached hydrogens (tertiary/aromatic N) is 1. The maximum absolute atomic E-state index is 3.43. The topological polar surface area (TPSA) is 15.3 Å². The molecule has 1 aromatic carbocycles. The molecule has 2 heteroatoms. The van der Waals surface area contributed by atoms with Crippen LogP contribution in [0.2, 0.25) is 0 Å². The summed E-state index contributed by atoms with van der Waals surface area (Å²) in [6, 6.07) is 9.47. The van der Waals surface area contributed by atoms with Crippen molar-refractivity contribution in [1.82, 2.24) is 10.2 Å². The lowest BCUT2D eigenvalue weighted by Gasteiger charge is -2.27. The molecule has 1 aliphatic carbocycles. The third-order valence-corrected chi connectivity index (χ3v) is 5.20. The predicted molar refractivity (Wildman–Crippen MR) is 89.9 cm³/mol. The smallest absolute Gasteiger partial charge is 0.0108 e. The van der Waals surface area contributed by atoms with E-state index in [2.05, 4.69) is 34.5 Å². The van der Waals surface area contributed by atoms with Gasteiger partial charge in [0.15, 0.2) is 0 Å². The Labute approximate surface area is 129 Å². The molecule has 0 bridgehead atoms. The quantitative estimate of drug-likeness (QED) is 0.851. The Hall–Kier alpha value is -0.860. The molecule has 0 radical (unpaired) electrons. The number of hydrogen-bond acceptors (Lipinski definition) is 2. The monoisotopic (exact) mass is 286 g/mol. The van der Waals surface area contributed by atoms with Crippen molar-refractivity contribution in [3.05, 3.63) is 35.4 Å². The second-order valence-corrected chi connectivity index (χ2v) is 6.78. The summed E-state index contributed by atoms with van der Waals surface area (Å²) < 4.78 is 0. The predicted octanol–water partition coefficient (Wildman–Crippen LogP) is 3.57. The van der Waals surface area contributed by atoms with Crippen LogP contribution in [0.1, 0.15) is 55.6 Å². The molecular weight excluding hydrogens is 256 g/mol. The van der Waals surface area contributed by atoms with E-state index in [9.17, 15) is 0 Å². The molecule has 3 rings (SSSR count). The van der Waals surface area contributed by atoms with Crippen molar-refractivity contribution in [3.8, 4) is 0 Å². The minimum Gasteiger partial charge on any atom is -0.314 e. The van der Waals surface area contributed by atoms with Gasteiger partial charge in [0.05, 0.1) is 0 Å². The lowest BCUT2D eigenvalue weighted by molar-refractivity contribution is 0.244. The summed E-state index contributed by atoms with van der Waals surface area (Å²) in [5, 5.41) is 3.43. The van der Waals surface area contributed by atoms with Gasteiger partial charge in [0, 0.05) is 32.7 Å². The number of piperazine rings is 1. The Kier molecular flexibility index (Phi) is 5.70. The molecule has 1 saturated heterocycles. The van der Waals surface area contributed by atoms with Gasteiger partial charge in [-0.05, 0) is 36.3 Å². The van der Waals surface area contributed by atoms with E-state index in [4.69, 9.17) is 0 Å². The molecular formula is C19H30N2. The molecule has 2 fully saturated rings. The Morgan fingerprint density at radius 1 is 1.00 bits per heavy atom. The molecule has 0 aromatic heterocycles. The van der Waals surface area contributed by atoms with Gasteiger partial charge in [-0.15, -0.1) is 0 Å². The van der Waals surface area contributed by atoms with E-state index in [0.717, 1.165) is 19.0 Å². The molecule has 0 atom stereocenters. The highest BCUT2D eigenvalue weighted by molar-refractivity contribution is 5.27. The summed E-state index contributed by atoms with van der Waals surface area (Å²) in [4.78, 5) is 2.59. The van der Waals surface area contributed by atoms with Gasteiger partial charge in [-0.25, -0.2) is 0 Å². The first kappa shape index (κ1) is 15.1. The first-order valence-electron chi connectivity index (χ1n) is 8.94. The fourth-order valence-electron chi connectivity index (χ4n) is 3.84. The SMILES string of the molecule is c1cc(CCN2CCNCC2)cc(C2CCCCCC2)c1. The van der Waals surface area contributed by atoms with Crippen LogP contribution in [0.4, 0.5) is 0 Å². The molecule has 1 aliphatic heterocycles. The number of nitrogens with one attached hydrogen (secondary N) is 1. The molecule has 0 unspecified atom stereocenters. The summed E-state index contributed by atoms with van der Waals surface area (Å²) in [6.07, 6.45) is 9.76. The van der Waals surface area contributed by atoms with Crippen molar-refractivity contribution in [2.45, 2.75) is 50.9 Å². The normalized spacial score (nSPS) is 22.1. The third kappa shape index (κ3) is 4.55. The van der Waals surface area contributed by atoms with E-state index in [0.29, 0.717) is 0 Å². The summed E-state index contributed by atoms with van der Waals surface area (Å²) in [7, 11) is 0. The van der Waals surface area contributed by atoms with Crippen molar-refractivity contribution in [2.75, 3.05) is 32.7 Å². The van der Waals surface area contributed by atoms with Gasteiger partial charge >= 0.3 is 0 Å². The van der Waals surface area contributed by atoms with E-state index in [1.807, 2.05) is 0 Å². The fourth-order valence-corrected chi connectivity index (χ4v) is 3.84. The second kappa shape index (κ2) is 7.95. The molecule has 1 saturated carbocycles. The van der Waals surface area contributed by atoms with Crippen LogP contribution < -0.4 is 5.32 Å². The second-order valence-electron chi connectivity index (χ2n) is 6.78. The maximum atomic E-state index is 3.43. The van der Waals surface area contributed by atoms with Crippen LogP contribution in [0.25, 0.3) is 0 Å². The van der Waals surface area contributed by atoms with Crippen LogP contribution in [0.15, 0.2) is 24.3 Å². The highest BCUT2D eigenvalue weighted by Crippen LogP contribution is 2.31. The Balaban J connectivity index is 1.56. The molecule has 1 heterocycles. The van der Waals surface area contributed by atoms with Crippen LogP contribution in [-0.4, -0.2) is 37.6 Å². The van der Waals surface area contributed by atoms with Gasteiger partial charge in [-0.3, -0.25) is 0 Å². The van der Waals surface area contributed by atoms with E-state index >= 15 is 0 Å². The first-order chi connectivity index (χ1) is 10.4. The number of benzene rings is 1. The van der Waals surface area contributed by atoms with Crippen molar-refractivity contribution in [3.63, 3.8) is 0 Å². The highest BCUT2D eigenvalue weighted by atomic mass is 15.2. The van der Waals surface area contributed by atoms with Crippen LogP contribution in [0.5, 0.6) is 0 Å².